The van der Waals surface area contributed by atoms with Crippen molar-refractivity contribution < 1.29 is 5.11 Å². The van der Waals surface area contributed by atoms with E-state index in [2.05, 4.69) is 144 Å². The summed E-state index contributed by atoms with van der Waals surface area (Å²) in [5.41, 5.74) is 7.01. The van der Waals surface area contributed by atoms with Crippen LogP contribution >= 0.6 is 8.58 Å². The molecule has 2 nitrogen and oxygen atoms in total. The molecule has 1 unspecified atom stereocenters. The molecule has 4 rings (SSSR count). The number of nitrogens with zero attached hydrogens (tertiary/aromatic N) is 1. The molecule has 0 saturated carbocycles. The number of aryl methyl sites for hydroxylation is 1. The highest BCUT2D eigenvalue weighted by Gasteiger charge is 2.26. The van der Waals surface area contributed by atoms with Crippen LogP contribution in [-0.4, -0.2) is 5.11 Å². The van der Waals surface area contributed by atoms with E-state index in [-0.39, 0.29) is 10.8 Å². The van der Waals surface area contributed by atoms with E-state index in [1.807, 2.05) is 0 Å². The van der Waals surface area contributed by atoms with Crippen LogP contribution in [0.3, 0.4) is 0 Å². The zero-order valence-electron chi connectivity index (χ0n) is 23.3. The Bertz CT molecular complexity index is 1310. The van der Waals surface area contributed by atoms with Crippen LogP contribution in [0.2, 0.25) is 0 Å². The van der Waals surface area contributed by atoms with Crippen molar-refractivity contribution in [3.63, 3.8) is 0 Å². The third-order valence-corrected chi connectivity index (χ3v) is 8.48. The lowest BCUT2D eigenvalue weighted by Crippen LogP contribution is -2.24. The van der Waals surface area contributed by atoms with Crippen molar-refractivity contribution in [3.8, 4) is 5.75 Å². The summed E-state index contributed by atoms with van der Waals surface area (Å²) >= 11 is 0. The monoisotopic (exact) mass is 509 g/mol. The molecular formula is C34H40NOP. The average molecular weight is 510 g/mol. The van der Waals surface area contributed by atoms with Gasteiger partial charge in [-0.05, 0) is 70.1 Å². The number of hydrogen-bond donors (Lipinski definition) is 1. The maximum atomic E-state index is 11.5. The molecule has 0 bridgehead atoms. The highest BCUT2D eigenvalue weighted by Crippen LogP contribution is 2.37. The molecule has 192 valence electrons. The summed E-state index contributed by atoms with van der Waals surface area (Å²) in [6.07, 6.45) is 0. The Balaban J connectivity index is 1.81. The zero-order valence-corrected chi connectivity index (χ0v) is 24.3. The van der Waals surface area contributed by atoms with Gasteiger partial charge in [0.1, 0.15) is 5.75 Å². The molecule has 37 heavy (non-hydrogen) atoms. The van der Waals surface area contributed by atoms with E-state index in [4.69, 9.17) is 0 Å². The van der Waals surface area contributed by atoms with Crippen LogP contribution in [0.25, 0.3) is 0 Å². The summed E-state index contributed by atoms with van der Waals surface area (Å²) in [5, 5.41) is 13.8. The molecule has 0 saturated heterocycles. The Kier molecular flexibility index (Phi) is 7.81. The van der Waals surface area contributed by atoms with Crippen molar-refractivity contribution in [3.05, 3.63) is 113 Å². The van der Waals surface area contributed by atoms with Crippen molar-refractivity contribution in [2.24, 2.45) is 0 Å². The van der Waals surface area contributed by atoms with Gasteiger partial charge in [-0.15, -0.1) is 0 Å². The molecule has 0 fully saturated rings. The number of phenols is 1. The molecular weight excluding hydrogens is 469 g/mol. The van der Waals surface area contributed by atoms with Crippen LogP contribution in [-0.2, 0) is 17.4 Å². The maximum Gasteiger partial charge on any atom is 0.127 e. The van der Waals surface area contributed by atoms with Crippen LogP contribution < -0.4 is 15.5 Å². The molecule has 0 heterocycles. The smallest absolute Gasteiger partial charge is 0.127 e. The number of hydrogen-bond acceptors (Lipinski definition) is 2. The Hall–Kier alpha value is -3.09. The summed E-state index contributed by atoms with van der Waals surface area (Å²) in [6, 6.07) is 32.2. The standard InChI is InChI=1S/C34H40NOP/c1-24-15-14-16-25(23-35(27-17-10-8-11-18-27)28-19-12-9-13-20-28)32(24)37-30-22-26(33(2,3)4)21-29(31(30)36)34(5,6)7/h8-22,36-37H,23H2,1-7H3. The Labute approximate surface area is 225 Å². The first-order chi connectivity index (χ1) is 17.4. The van der Waals surface area contributed by atoms with E-state index in [0.29, 0.717) is 14.3 Å². The summed E-state index contributed by atoms with van der Waals surface area (Å²) < 4.78 is 0. The molecule has 4 aromatic rings. The quantitative estimate of drug-likeness (QED) is 0.265. The summed E-state index contributed by atoms with van der Waals surface area (Å²) in [7, 11) is 0.362. The van der Waals surface area contributed by atoms with E-state index >= 15 is 0 Å². The first-order valence-corrected chi connectivity index (χ1v) is 14.1. The van der Waals surface area contributed by atoms with E-state index in [1.54, 1.807) is 0 Å². The lowest BCUT2D eigenvalue weighted by Gasteiger charge is -2.29. The van der Waals surface area contributed by atoms with Gasteiger partial charge in [0, 0.05) is 28.8 Å². The summed E-state index contributed by atoms with van der Waals surface area (Å²) in [4.78, 5) is 2.37. The first kappa shape index (κ1) is 27.0. The van der Waals surface area contributed by atoms with Crippen LogP contribution in [0.4, 0.5) is 11.4 Å². The van der Waals surface area contributed by atoms with Crippen LogP contribution in [0, 0.1) is 6.92 Å². The minimum Gasteiger partial charge on any atom is -0.507 e. The fraction of sp³-hybridized carbons (Fsp3) is 0.294. The summed E-state index contributed by atoms with van der Waals surface area (Å²) in [5.74, 6) is 0.441. The van der Waals surface area contributed by atoms with Gasteiger partial charge in [0.25, 0.3) is 0 Å². The van der Waals surface area contributed by atoms with E-state index in [9.17, 15) is 5.11 Å². The van der Waals surface area contributed by atoms with Gasteiger partial charge in [0.15, 0.2) is 0 Å². The lowest BCUT2D eigenvalue weighted by atomic mass is 9.80. The molecule has 0 aliphatic heterocycles. The molecule has 0 aliphatic rings. The second-order valence-corrected chi connectivity index (χ2v) is 13.2. The lowest BCUT2D eigenvalue weighted by molar-refractivity contribution is 0.449. The van der Waals surface area contributed by atoms with Gasteiger partial charge in [-0.1, -0.05) is 111 Å². The summed E-state index contributed by atoms with van der Waals surface area (Å²) in [6.45, 7) is 16.2. The molecule has 0 aromatic heterocycles. The van der Waals surface area contributed by atoms with Crippen LogP contribution in [0.1, 0.15) is 63.8 Å². The second-order valence-electron chi connectivity index (χ2n) is 11.9. The minimum absolute atomic E-state index is 0.00108. The first-order valence-electron chi connectivity index (χ1n) is 13.1. The molecule has 0 radical (unpaired) electrons. The predicted octanol–water partition coefficient (Wildman–Crippen LogP) is 8.26. The molecule has 4 aromatic carbocycles. The fourth-order valence-electron chi connectivity index (χ4n) is 4.63. The number of rotatable bonds is 6. The van der Waals surface area contributed by atoms with E-state index in [1.165, 1.54) is 22.0 Å². The van der Waals surface area contributed by atoms with Gasteiger partial charge in [0.05, 0.1) is 0 Å². The van der Waals surface area contributed by atoms with Crippen molar-refractivity contribution in [1.82, 2.24) is 0 Å². The average Bonchev–Trinajstić information content (AvgIpc) is 2.85. The van der Waals surface area contributed by atoms with Gasteiger partial charge in [0.2, 0.25) is 0 Å². The molecule has 1 N–H and O–H groups in total. The van der Waals surface area contributed by atoms with E-state index < -0.39 is 0 Å². The SMILES string of the molecule is Cc1cccc(CN(c2ccccc2)c2ccccc2)c1Pc1cc(C(C)(C)C)cc(C(C)(C)C)c1O. The maximum absolute atomic E-state index is 11.5. The highest BCUT2D eigenvalue weighted by molar-refractivity contribution is 7.56. The second kappa shape index (κ2) is 10.7. The fourth-order valence-corrected chi connectivity index (χ4v) is 5.98. The zero-order chi connectivity index (χ0) is 26.8. The number of benzene rings is 4. The van der Waals surface area contributed by atoms with Crippen LogP contribution in [0.5, 0.6) is 5.75 Å². The van der Waals surface area contributed by atoms with Crippen molar-refractivity contribution in [1.29, 1.82) is 0 Å². The Morgan fingerprint density at radius 2 is 1.27 bits per heavy atom. The van der Waals surface area contributed by atoms with Gasteiger partial charge >= 0.3 is 0 Å². The molecule has 1 atom stereocenters. The highest BCUT2D eigenvalue weighted by atomic mass is 31.1. The third kappa shape index (κ3) is 6.25. The third-order valence-electron chi connectivity index (χ3n) is 6.87. The Morgan fingerprint density at radius 3 is 1.78 bits per heavy atom. The molecule has 0 amide bonds. The van der Waals surface area contributed by atoms with Gasteiger partial charge in [-0.3, -0.25) is 0 Å². The normalized spacial score (nSPS) is 12.3. The number of aromatic hydroxyl groups is 1. The Morgan fingerprint density at radius 1 is 0.703 bits per heavy atom. The number of anilines is 2. The van der Waals surface area contributed by atoms with Crippen LogP contribution in [0.15, 0.2) is 91.0 Å². The van der Waals surface area contributed by atoms with Gasteiger partial charge in [-0.25, -0.2) is 0 Å². The molecule has 3 heteroatoms. The van der Waals surface area contributed by atoms with Crippen molar-refractivity contribution in [2.45, 2.75) is 65.8 Å². The predicted molar refractivity (Wildman–Crippen MR) is 163 cm³/mol. The van der Waals surface area contributed by atoms with Gasteiger partial charge in [-0.2, -0.15) is 0 Å². The number of phenolic OH excluding ortho intramolecular Hbond substituents is 1. The largest absolute Gasteiger partial charge is 0.507 e. The minimum atomic E-state index is -0.142. The van der Waals surface area contributed by atoms with Crippen molar-refractivity contribution in [2.75, 3.05) is 4.90 Å². The molecule has 0 spiro atoms. The molecule has 0 aliphatic carbocycles. The number of para-hydroxylation sites is 2. The van der Waals surface area contributed by atoms with Gasteiger partial charge < -0.3 is 10.0 Å². The topological polar surface area (TPSA) is 23.5 Å². The van der Waals surface area contributed by atoms with Crippen molar-refractivity contribution >= 4 is 30.6 Å². The van der Waals surface area contributed by atoms with E-state index in [0.717, 1.165) is 28.8 Å².